The molecule has 0 N–H and O–H groups in total. The Bertz CT molecular complexity index is 908. The van der Waals surface area contributed by atoms with Gasteiger partial charge < -0.3 is 19.1 Å². The Kier molecular flexibility index (Phi) is 6.30. The fraction of sp³-hybridized carbons (Fsp3) is 0.478. The van der Waals surface area contributed by atoms with Crippen molar-refractivity contribution in [2.24, 2.45) is 0 Å². The zero-order chi connectivity index (χ0) is 21.1. The zero-order valence-corrected chi connectivity index (χ0v) is 18.1. The molecular formula is C23H31N3O3. The first-order valence-electron chi connectivity index (χ1n) is 10.3. The standard InChI is InChI=1S/C23H31N3O3/c1-6-26-17(3)14-20(19(26)5)23(28)29-15-22(27)25-12-10-24(11-13-25)21-9-7-8-16(2)18(21)4/h7-9,14H,6,10-13,15H2,1-5H3. The van der Waals surface area contributed by atoms with E-state index in [0.29, 0.717) is 18.7 Å². The number of rotatable bonds is 5. The second-order valence-corrected chi connectivity index (χ2v) is 7.69. The van der Waals surface area contributed by atoms with E-state index in [0.717, 1.165) is 31.0 Å². The number of nitrogens with zero attached hydrogens (tertiary/aromatic N) is 3. The monoisotopic (exact) mass is 397 g/mol. The predicted octanol–water partition coefficient (Wildman–Crippen LogP) is 3.25. The van der Waals surface area contributed by atoms with Gasteiger partial charge in [-0.15, -0.1) is 0 Å². The molecule has 1 saturated heterocycles. The van der Waals surface area contributed by atoms with Crippen molar-refractivity contribution in [3.8, 4) is 0 Å². The van der Waals surface area contributed by atoms with Gasteiger partial charge in [0, 0.05) is 49.8 Å². The molecule has 2 heterocycles. The number of amides is 1. The lowest BCUT2D eigenvalue weighted by molar-refractivity contribution is -0.134. The molecular weight excluding hydrogens is 366 g/mol. The van der Waals surface area contributed by atoms with Crippen LogP contribution < -0.4 is 4.90 Å². The van der Waals surface area contributed by atoms with Crippen molar-refractivity contribution < 1.29 is 14.3 Å². The second-order valence-electron chi connectivity index (χ2n) is 7.69. The molecule has 156 valence electrons. The molecule has 0 bridgehead atoms. The topological polar surface area (TPSA) is 54.8 Å². The molecule has 1 aliphatic heterocycles. The van der Waals surface area contributed by atoms with Gasteiger partial charge in [0.1, 0.15) is 0 Å². The highest BCUT2D eigenvalue weighted by molar-refractivity contribution is 5.92. The number of anilines is 1. The maximum Gasteiger partial charge on any atom is 0.340 e. The van der Waals surface area contributed by atoms with Crippen molar-refractivity contribution >= 4 is 17.6 Å². The van der Waals surface area contributed by atoms with Crippen molar-refractivity contribution in [1.29, 1.82) is 0 Å². The van der Waals surface area contributed by atoms with Gasteiger partial charge in [0.2, 0.25) is 0 Å². The fourth-order valence-corrected chi connectivity index (χ4v) is 4.07. The summed E-state index contributed by atoms with van der Waals surface area (Å²) in [6.45, 7) is 13.6. The van der Waals surface area contributed by atoms with Crippen LogP contribution in [0.15, 0.2) is 24.3 Å². The molecule has 1 aliphatic rings. The molecule has 0 radical (unpaired) electrons. The summed E-state index contributed by atoms with van der Waals surface area (Å²) in [5.74, 6) is -0.566. The molecule has 1 amide bonds. The highest BCUT2D eigenvalue weighted by Crippen LogP contribution is 2.24. The number of piperazine rings is 1. The number of carbonyl (C=O) groups is 2. The molecule has 1 fully saturated rings. The van der Waals surface area contributed by atoms with Crippen LogP contribution in [0.3, 0.4) is 0 Å². The number of aryl methyl sites for hydroxylation is 2. The highest BCUT2D eigenvalue weighted by Gasteiger charge is 2.24. The maximum atomic E-state index is 12.5. The summed E-state index contributed by atoms with van der Waals surface area (Å²) in [4.78, 5) is 29.1. The Balaban J connectivity index is 1.54. The quantitative estimate of drug-likeness (QED) is 0.727. The third-order valence-electron chi connectivity index (χ3n) is 5.99. The average Bonchev–Trinajstić information content (AvgIpc) is 3.01. The third kappa shape index (κ3) is 4.31. The third-order valence-corrected chi connectivity index (χ3v) is 5.99. The van der Waals surface area contributed by atoms with Crippen LogP contribution in [0.1, 0.15) is 39.8 Å². The normalized spacial score (nSPS) is 14.2. The Labute approximate surface area is 173 Å². The molecule has 1 aromatic heterocycles. The van der Waals surface area contributed by atoms with Crippen LogP contribution in [0, 0.1) is 27.7 Å². The van der Waals surface area contributed by atoms with Crippen molar-refractivity contribution in [3.63, 3.8) is 0 Å². The molecule has 0 unspecified atom stereocenters. The zero-order valence-electron chi connectivity index (χ0n) is 18.1. The number of benzene rings is 1. The van der Waals surface area contributed by atoms with Crippen molar-refractivity contribution in [3.05, 3.63) is 52.3 Å². The van der Waals surface area contributed by atoms with Gasteiger partial charge in [-0.25, -0.2) is 4.79 Å². The van der Waals surface area contributed by atoms with E-state index in [1.165, 1.54) is 16.8 Å². The van der Waals surface area contributed by atoms with E-state index in [9.17, 15) is 9.59 Å². The van der Waals surface area contributed by atoms with Crippen LogP contribution in [0.4, 0.5) is 5.69 Å². The average molecular weight is 398 g/mol. The second kappa shape index (κ2) is 8.72. The van der Waals surface area contributed by atoms with Gasteiger partial charge in [-0.3, -0.25) is 4.79 Å². The van der Waals surface area contributed by atoms with Gasteiger partial charge in [0.05, 0.1) is 5.56 Å². The molecule has 29 heavy (non-hydrogen) atoms. The molecule has 0 saturated carbocycles. The molecule has 0 aliphatic carbocycles. The minimum Gasteiger partial charge on any atom is -0.452 e. The van der Waals surface area contributed by atoms with E-state index >= 15 is 0 Å². The van der Waals surface area contributed by atoms with Crippen molar-refractivity contribution in [1.82, 2.24) is 9.47 Å². The van der Waals surface area contributed by atoms with Gasteiger partial charge in [-0.2, -0.15) is 0 Å². The summed E-state index contributed by atoms with van der Waals surface area (Å²) in [5.41, 5.74) is 6.23. The van der Waals surface area contributed by atoms with Crippen LogP contribution in [0.25, 0.3) is 0 Å². The molecule has 3 rings (SSSR count). The molecule has 6 heteroatoms. The number of carbonyl (C=O) groups excluding carboxylic acids is 2. The van der Waals surface area contributed by atoms with Crippen LogP contribution in [-0.4, -0.2) is 54.1 Å². The Morgan fingerprint density at radius 1 is 1.03 bits per heavy atom. The van der Waals surface area contributed by atoms with Crippen LogP contribution in [0.5, 0.6) is 0 Å². The SMILES string of the molecule is CCn1c(C)cc(C(=O)OCC(=O)N2CCN(c3cccc(C)c3C)CC2)c1C. The predicted molar refractivity (Wildman–Crippen MR) is 115 cm³/mol. The van der Waals surface area contributed by atoms with Gasteiger partial charge in [-0.1, -0.05) is 12.1 Å². The van der Waals surface area contributed by atoms with E-state index in [-0.39, 0.29) is 12.5 Å². The number of ether oxygens (including phenoxy) is 1. The van der Waals surface area contributed by atoms with Crippen molar-refractivity contribution in [2.75, 3.05) is 37.7 Å². The first kappa shape index (κ1) is 21.0. The van der Waals surface area contributed by atoms with Gasteiger partial charge in [-0.05, 0) is 57.9 Å². The first-order chi connectivity index (χ1) is 13.8. The van der Waals surface area contributed by atoms with E-state index in [4.69, 9.17) is 4.74 Å². The summed E-state index contributed by atoms with van der Waals surface area (Å²) >= 11 is 0. The summed E-state index contributed by atoms with van der Waals surface area (Å²) in [5, 5.41) is 0. The molecule has 6 nitrogen and oxygen atoms in total. The van der Waals surface area contributed by atoms with E-state index in [1.807, 2.05) is 26.8 Å². The van der Waals surface area contributed by atoms with E-state index in [2.05, 4.69) is 41.5 Å². The molecule has 0 spiro atoms. The number of hydrogen-bond donors (Lipinski definition) is 0. The van der Waals surface area contributed by atoms with E-state index in [1.54, 1.807) is 4.90 Å². The minimum atomic E-state index is -0.430. The Morgan fingerprint density at radius 2 is 1.72 bits per heavy atom. The van der Waals surface area contributed by atoms with Crippen LogP contribution in [0.2, 0.25) is 0 Å². The lowest BCUT2D eigenvalue weighted by Crippen LogP contribution is -2.50. The minimum absolute atomic E-state index is 0.136. The summed E-state index contributed by atoms with van der Waals surface area (Å²) in [7, 11) is 0. The van der Waals surface area contributed by atoms with Crippen molar-refractivity contribution in [2.45, 2.75) is 41.2 Å². The number of aromatic nitrogens is 1. The summed E-state index contributed by atoms with van der Waals surface area (Å²) in [6.07, 6.45) is 0. The Morgan fingerprint density at radius 3 is 2.34 bits per heavy atom. The van der Waals surface area contributed by atoms with Gasteiger partial charge >= 0.3 is 5.97 Å². The highest BCUT2D eigenvalue weighted by atomic mass is 16.5. The van der Waals surface area contributed by atoms with Crippen LogP contribution in [-0.2, 0) is 16.1 Å². The molecule has 0 atom stereocenters. The smallest absolute Gasteiger partial charge is 0.340 e. The number of hydrogen-bond acceptors (Lipinski definition) is 4. The van der Waals surface area contributed by atoms with Gasteiger partial charge in [0.25, 0.3) is 5.91 Å². The molecule has 2 aromatic rings. The summed E-state index contributed by atoms with van der Waals surface area (Å²) < 4.78 is 7.39. The van der Waals surface area contributed by atoms with Crippen LogP contribution >= 0.6 is 0 Å². The van der Waals surface area contributed by atoms with E-state index < -0.39 is 5.97 Å². The first-order valence-corrected chi connectivity index (χ1v) is 10.3. The fourth-order valence-electron chi connectivity index (χ4n) is 4.07. The maximum absolute atomic E-state index is 12.5. The van der Waals surface area contributed by atoms with Gasteiger partial charge in [0.15, 0.2) is 6.61 Å². The lowest BCUT2D eigenvalue weighted by atomic mass is 10.1. The Hall–Kier alpha value is -2.76. The molecule has 1 aromatic carbocycles. The summed E-state index contributed by atoms with van der Waals surface area (Å²) in [6, 6.07) is 8.15. The largest absolute Gasteiger partial charge is 0.452 e. The number of esters is 1. The lowest BCUT2D eigenvalue weighted by Gasteiger charge is -2.37.